The van der Waals surface area contributed by atoms with Gasteiger partial charge in [0.25, 0.3) is 0 Å². The van der Waals surface area contributed by atoms with Gasteiger partial charge in [-0.05, 0) is 0 Å². The molecule has 40 heavy (non-hydrogen) atoms. The molecule has 5 rings (SSSR count). The van der Waals surface area contributed by atoms with Crippen LogP contribution >= 0.6 is 0 Å². The molecule has 3 aromatic carbocycles. The molecular formula is C35H43O3SiTi. The van der Waals surface area contributed by atoms with Gasteiger partial charge in [-0.15, -0.1) is 0 Å². The van der Waals surface area contributed by atoms with Crippen molar-refractivity contribution < 1.29 is 34.4 Å². The molecule has 5 heteroatoms. The predicted octanol–water partition coefficient (Wildman–Crippen LogP) is 6.30. The van der Waals surface area contributed by atoms with Crippen LogP contribution in [0.4, 0.5) is 0 Å². The van der Waals surface area contributed by atoms with E-state index in [1.54, 1.807) is 0 Å². The first-order chi connectivity index (χ1) is 18.9. The third-order valence-electron chi connectivity index (χ3n) is 7.94. The number of hydrogen-bond acceptors (Lipinski definition) is 3. The number of hydrogen-bond donors (Lipinski definition) is 0. The average Bonchev–Trinajstić information content (AvgIpc) is 3.26. The molecule has 0 saturated carbocycles. The van der Waals surface area contributed by atoms with Gasteiger partial charge in [0, 0.05) is 0 Å². The molecule has 0 unspecified atom stereocenters. The van der Waals surface area contributed by atoms with Crippen molar-refractivity contribution in [3.63, 3.8) is 0 Å². The minimum atomic E-state index is -0.670. The summed E-state index contributed by atoms with van der Waals surface area (Å²) in [6.45, 7) is 18.6. The Morgan fingerprint density at radius 1 is 0.725 bits per heavy atom. The zero-order valence-corrected chi connectivity index (χ0v) is 28.3. The summed E-state index contributed by atoms with van der Waals surface area (Å²) in [6.07, 6.45) is 1.00. The Balaban J connectivity index is 0.00000106. The molecule has 0 saturated heterocycles. The van der Waals surface area contributed by atoms with E-state index in [9.17, 15) is 0 Å². The van der Waals surface area contributed by atoms with Crippen LogP contribution in [0.15, 0.2) is 66.4 Å². The number of benzene rings is 3. The van der Waals surface area contributed by atoms with Gasteiger partial charge in [0.1, 0.15) is 0 Å². The minimum absolute atomic E-state index is 0.103. The maximum absolute atomic E-state index is 8.25. The first-order valence-corrected chi connectivity index (χ1v) is 17.0. The number of allylic oxidation sites excluding steroid dienone is 2. The second kappa shape index (κ2) is 12.8. The molecular weight excluding hydrogens is 544 g/mol. The first kappa shape index (κ1) is 32.4. The molecule has 209 valence electrons. The summed E-state index contributed by atoms with van der Waals surface area (Å²) >= 11 is 1.87. The Hall–Kier alpha value is -2.08. The van der Waals surface area contributed by atoms with Crippen LogP contribution in [0.2, 0.25) is 13.1 Å². The normalized spacial score (nSPS) is 14.3. The monoisotopic (exact) mass is 587 g/mol. The average molecular weight is 588 g/mol. The molecule has 0 fully saturated rings. The second-order valence-electron chi connectivity index (χ2n) is 12.7. The van der Waals surface area contributed by atoms with Crippen molar-refractivity contribution in [3.8, 4) is 11.1 Å². The van der Waals surface area contributed by atoms with Gasteiger partial charge >= 0.3 is 232 Å². The summed E-state index contributed by atoms with van der Waals surface area (Å²) in [5.74, 6) is 1.31. The molecule has 2 aliphatic rings. The Labute approximate surface area is 255 Å². The molecule has 3 nitrogen and oxygen atoms in total. The molecule has 0 aliphatic heterocycles. The zero-order valence-electron chi connectivity index (χ0n) is 25.8. The topological polar surface area (TPSA) is 55.3 Å². The van der Waals surface area contributed by atoms with Gasteiger partial charge < -0.3 is 10.2 Å². The fourth-order valence-corrected chi connectivity index (χ4v) is 7.50. The van der Waals surface area contributed by atoms with Crippen LogP contribution in [0.5, 0.6) is 0 Å². The fraction of sp³-hybridized carbons (Fsp3) is 0.400. The van der Waals surface area contributed by atoms with E-state index in [1.165, 1.54) is 55.2 Å². The Morgan fingerprint density at radius 3 is 1.62 bits per heavy atom. The summed E-state index contributed by atoms with van der Waals surface area (Å²) in [6, 6.07) is 23.4. The summed E-state index contributed by atoms with van der Waals surface area (Å²) in [5, 5.41) is 18.0. The van der Waals surface area contributed by atoms with Gasteiger partial charge in [-0.3, -0.25) is 0 Å². The van der Waals surface area contributed by atoms with Crippen molar-refractivity contribution in [2.75, 3.05) is 14.2 Å². The summed E-state index contributed by atoms with van der Waals surface area (Å²) < 4.78 is 6.30. The van der Waals surface area contributed by atoms with Crippen molar-refractivity contribution in [1.82, 2.24) is 0 Å². The van der Waals surface area contributed by atoms with E-state index in [0.717, 1.165) is 26.4 Å². The van der Waals surface area contributed by atoms with Crippen molar-refractivity contribution in [2.24, 2.45) is 0 Å². The standard InChI is InChI=1S/C33H38OSi.2CH3O.Ti/c1-32(2,3)21-13-15-24-26(18-21)27-19-22(33(4,5)6)14-16-25(27)29(24)30-23-12-10-9-11-20(23)17-28(31(30)34)35(7)8;2*1-2;/h9-16,18-19,29,34H,17H2,1-8H3;2*1H3;/q;2*-1;+3/p-1. The summed E-state index contributed by atoms with van der Waals surface area (Å²) in [7, 11) is 0.830. The third kappa shape index (κ3) is 6.07. The molecule has 2 aliphatic carbocycles. The van der Waals surface area contributed by atoms with Crippen LogP contribution in [0, 0.1) is 0 Å². The van der Waals surface area contributed by atoms with Gasteiger partial charge in [-0.1, -0.05) is 0 Å². The van der Waals surface area contributed by atoms with Crippen LogP contribution < -0.4 is 10.2 Å². The van der Waals surface area contributed by atoms with E-state index >= 15 is 0 Å². The molecule has 0 heterocycles. The Bertz CT molecular complexity index is 1370. The molecule has 0 amide bonds. The van der Waals surface area contributed by atoms with E-state index in [4.69, 9.17) is 13.5 Å². The van der Waals surface area contributed by atoms with Crippen LogP contribution in [-0.4, -0.2) is 27.8 Å². The van der Waals surface area contributed by atoms with E-state index in [1.807, 2.05) is 20.8 Å². The first-order valence-electron chi connectivity index (χ1n) is 13.9. The summed E-state index contributed by atoms with van der Waals surface area (Å²) in [5.41, 5.74) is 12.7. The molecule has 0 radical (unpaired) electrons. The van der Waals surface area contributed by atoms with Crippen molar-refractivity contribution in [2.45, 2.75) is 77.8 Å². The van der Waals surface area contributed by atoms with E-state index in [0.29, 0.717) is 0 Å². The molecule has 0 spiro atoms. The SMILES string of the molecule is C[O-].C[O-].C[Si](C)=C1Cc2ccccc2C(C2c3ccc(C(C)(C)C)cc3-c3cc(C(C)(C)C)ccc32)=C1[O][Ti+2]. The third-order valence-corrected chi connectivity index (χ3v) is 9.87. The molecule has 3 aromatic rings. The second-order valence-corrected chi connectivity index (χ2v) is 15.6. The predicted molar refractivity (Wildman–Crippen MR) is 164 cm³/mol. The van der Waals surface area contributed by atoms with Crippen molar-refractivity contribution >= 4 is 19.2 Å². The quantitative estimate of drug-likeness (QED) is 0.331. The Kier molecular flexibility index (Phi) is 10.4. The Morgan fingerprint density at radius 2 is 1.20 bits per heavy atom. The molecule has 0 atom stereocenters. The van der Waals surface area contributed by atoms with Crippen molar-refractivity contribution in [3.05, 3.63) is 99.8 Å². The van der Waals surface area contributed by atoms with Crippen LogP contribution in [0.25, 0.3) is 16.7 Å². The van der Waals surface area contributed by atoms with Gasteiger partial charge in [0.15, 0.2) is 0 Å². The molecule has 0 bridgehead atoms. The van der Waals surface area contributed by atoms with Gasteiger partial charge in [-0.2, -0.15) is 14.2 Å². The molecule has 0 N–H and O–H groups in total. The van der Waals surface area contributed by atoms with Crippen molar-refractivity contribution in [1.29, 1.82) is 0 Å². The summed E-state index contributed by atoms with van der Waals surface area (Å²) in [4.78, 5) is 0. The van der Waals surface area contributed by atoms with E-state index in [-0.39, 0.29) is 16.7 Å². The van der Waals surface area contributed by atoms with Gasteiger partial charge in [-0.25, -0.2) is 0 Å². The zero-order chi connectivity index (χ0) is 30.0. The fourth-order valence-electron chi connectivity index (χ4n) is 5.79. The van der Waals surface area contributed by atoms with E-state index < -0.39 is 8.41 Å². The molecule has 0 aromatic heterocycles. The number of rotatable bonds is 2. The van der Waals surface area contributed by atoms with E-state index in [2.05, 4.69) is 115 Å². The van der Waals surface area contributed by atoms with Crippen LogP contribution in [-0.2, 0) is 41.4 Å². The van der Waals surface area contributed by atoms with Crippen LogP contribution in [0.3, 0.4) is 0 Å². The van der Waals surface area contributed by atoms with Gasteiger partial charge in [0.2, 0.25) is 0 Å². The van der Waals surface area contributed by atoms with Gasteiger partial charge in [0.05, 0.1) is 0 Å². The number of fused-ring (bicyclic) bond motifs is 4. The maximum atomic E-state index is 8.25. The van der Waals surface area contributed by atoms with Crippen LogP contribution in [0.1, 0.15) is 80.8 Å².